The van der Waals surface area contributed by atoms with Gasteiger partial charge in [-0.25, -0.2) is 4.79 Å². The van der Waals surface area contributed by atoms with Crippen molar-refractivity contribution in [3.63, 3.8) is 0 Å². The second-order valence-corrected chi connectivity index (χ2v) is 8.28. The summed E-state index contributed by atoms with van der Waals surface area (Å²) in [6, 6.07) is 14.8. The zero-order valence-electron chi connectivity index (χ0n) is 19.4. The molecule has 0 aliphatic carbocycles. The molecule has 2 atom stereocenters. The first-order chi connectivity index (χ1) is 16.0. The Balaban J connectivity index is 2.02. The van der Waals surface area contributed by atoms with Gasteiger partial charge in [0.15, 0.2) is 0 Å². The van der Waals surface area contributed by atoms with Gasteiger partial charge in [-0.1, -0.05) is 76.1 Å². The van der Waals surface area contributed by atoms with Crippen molar-refractivity contribution in [1.82, 2.24) is 25.5 Å². The molecule has 0 fully saturated rings. The maximum Gasteiger partial charge on any atom is 0.326 e. The number of aromatic amines is 1. The van der Waals surface area contributed by atoms with E-state index in [9.17, 15) is 14.7 Å². The van der Waals surface area contributed by atoms with Gasteiger partial charge in [-0.15, -0.1) is 10.2 Å². The van der Waals surface area contributed by atoms with Crippen LogP contribution in [0.4, 0.5) is 0 Å². The third-order valence-electron chi connectivity index (χ3n) is 5.94. The number of carbonyl (C=O) groups excluding carboxylic acids is 1. The van der Waals surface area contributed by atoms with Crippen LogP contribution in [0, 0.1) is 5.92 Å². The van der Waals surface area contributed by atoms with Gasteiger partial charge >= 0.3 is 5.97 Å². The number of benzene rings is 2. The van der Waals surface area contributed by atoms with E-state index in [1.807, 2.05) is 69.3 Å². The number of aliphatic carboxylic acids is 1. The topological polar surface area (TPSA) is 112 Å². The number of nitrogens with one attached hydrogen (secondary N) is 1. The van der Waals surface area contributed by atoms with Crippen molar-refractivity contribution < 1.29 is 14.7 Å². The first-order valence-corrected chi connectivity index (χ1v) is 11.4. The predicted octanol–water partition coefficient (Wildman–Crippen LogP) is 4.55. The Morgan fingerprint density at radius 3 is 2.45 bits per heavy atom. The van der Waals surface area contributed by atoms with Gasteiger partial charge in [0, 0.05) is 18.5 Å². The third-order valence-corrected chi connectivity index (χ3v) is 5.94. The Hall–Kier alpha value is -3.55. The molecule has 174 valence electrons. The first kappa shape index (κ1) is 24.1. The van der Waals surface area contributed by atoms with Crippen molar-refractivity contribution in [2.45, 2.75) is 59.0 Å². The van der Waals surface area contributed by atoms with Crippen molar-refractivity contribution in [3.05, 3.63) is 54.1 Å². The molecule has 0 aliphatic heterocycles. The largest absolute Gasteiger partial charge is 0.480 e. The summed E-state index contributed by atoms with van der Waals surface area (Å²) in [6.45, 7) is 6.03. The molecule has 1 heterocycles. The van der Waals surface area contributed by atoms with Crippen LogP contribution in [0.2, 0.25) is 0 Å². The molecular weight excluding hydrogens is 418 g/mol. The molecule has 3 aromatic rings. The van der Waals surface area contributed by atoms with E-state index in [0.717, 1.165) is 35.1 Å². The number of amides is 1. The maximum absolute atomic E-state index is 13.1. The third kappa shape index (κ3) is 5.83. The molecule has 0 spiro atoms. The molecule has 0 bridgehead atoms. The highest BCUT2D eigenvalue weighted by Gasteiger charge is 2.33. The minimum Gasteiger partial charge on any atom is -0.480 e. The molecule has 0 saturated heterocycles. The summed E-state index contributed by atoms with van der Waals surface area (Å²) in [6.07, 6.45) is 2.59. The normalized spacial score (nSPS) is 12.8. The van der Waals surface area contributed by atoms with Gasteiger partial charge < -0.3 is 10.0 Å². The van der Waals surface area contributed by atoms with E-state index < -0.39 is 12.0 Å². The van der Waals surface area contributed by atoms with E-state index in [1.54, 1.807) is 0 Å². The summed E-state index contributed by atoms with van der Waals surface area (Å²) in [7, 11) is 0. The fraction of sp³-hybridized carbons (Fsp3) is 0.400. The van der Waals surface area contributed by atoms with Crippen LogP contribution in [0.1, 0.15) is 52.0 Å². The average Bonchev–Trinajstić information content (AvgIpc) is 3.37. The van der Waals surface area contributed by atoms with Crippen molar-refractivity contribution >= 4 is 11.9 Å². The highest BCUT2D eigenvalue weighted by atomic mass is 16.4. The van der Waals surface area contributed by atoms with Gasteiger partial charge in [0.25, 0.3) is 0 Å². The SMILES string of the molecule is CCCCC(=O)N(Cc1ccc(-c2ccccc2)c(-c2nn[nH]n2)c1)[C@H](C(=O)O)[C@@H](C)CC. The Kier molecular flexibility index (Phi) is 8.29. The monoisotopic (exact) mass is 449 g/mol. The van der Waals surface area contributed by atoms with Crippen LogP contribution in [-0.4, -0.2) is 48.5 Å². The van der Waals surface area contributed by atoms with Gasteiger partial charge in [-0.3, -0.25) is 4.79 Å². The van der Waals surface area contributed by atoms with Crippen LogP contribution < -0.4 is 0 Å². The number of tetrazole rings is 1. The van der Waals surface area contributed by atoms with Gasteiger partial charge in [0.05, 0.1) is 0 Å². The van der Waals surface area contributed by atoms with E-state index in [4.69, 9.17) is 0 Å². The molecule has 8 nitrogen and oxygen atoms in total. The molecule has 3 rings (SSSR count). The summed E-state index contributed by atoms with van der Waals surface area (Å²) in [5.41, 5.74) is 3.52. The van der Waals surface area contributed by atoms with Gasteiger partial charge in [-0.05, 0) is 40.3 Å². The summed E-state index contributed by atoms with van der Waals surface area (Å²) in [5, 5.41) is 24.5. The van der Waals surface area contributed by atoms with Crippen LogP contribution in [0.15, 0.2) is 48.5 Å². The number of H-pyrrole nitrogens is 1. The predicted molar refractivity (Wildman–Crippen MR) is 126 cm³/mol. The van der Waals surface area contributed by atoms with Crippen molar-refractivity contribution in [3.8, 4) is 22.5 Å². The Bertz CT molecular complexity index is 1050. The standard InChI is InChI=1S/C25H31N5O3/c1-4-6-12-22(31)30(23(25(32)33)17(3)5-2)16-18-13-14-20(19-10-8-7-9-11-19)21(15-18)24-26-28-29-27-24/h7-11,13-15,17,23H,4-6,12,16H2,1-3H3,(H,32,33)(H,26,27,28,29)/t17-,23-/m0/s1. The molecule has 0 saturated carbocycles. The molecular formula is C25H31N5O3. The fourth-order valence-electron chi connectivity index (χ4n) is 3.94. The zero-order valence-corrected chi connectivity index (χ0v) is 19.4. The number of hydrogen-bond donors (Lipinski definition) is 2. The number of nitrogens with zero attached hydrogens (tertiary/aromatic N) is 4. The second kappa shape index (κ2) is 11.4. The Morgan fingerprint density at radius 1 is 1.09 bits per heavy atom. The highest BCUT2D eigenvalue weighted by molar-refractivity contribution is 5.84. The number of rotatable bonds is 11. The average molecular weight is 450 g/mol. The van der Waals surface area contributed by atoms with Crippen LogP contribution in [0.3, 0.4) is 0 Å². The Labute approximate surface area is 194 Å². The number of hydrogen-bond acceptors (Lipinski definition) is 5. The first-order valence-electron chi connectivity index (χ1n) is 11.4. The van der Waals surface area contributed by atoms with E-state index >= 15 is 0 Å². The minimum absolute atomic E-state index is 0.141. The van der Waals surface area contributed by atoms with Gasteiger partial charge in [0.1, 0.15) is 6.04 Å². The highest BCUT2D eigenvalue weighted by Crippen LogP contribution is 2.31. The summed E-state index contributed by atoms with van der Waals surface area (Å²) >= 11 is 0. The fourth-order valence-corrected chi connectivity index (χ4v) is 3.94. The van der Waals surface area contributed by atoms with Crippen LogP contribution in [0.25, 0.3) is 22.5 Å². The lowest BCUT2D eigenvalue weighted by atomic mass is 9.94. The molecule has 0 unspecified atom stereocenters. The summed E-state index contributed by atoms with van der Waals surface area (Å²) < 4.78 is 0. The number of unbranched alkanes of at least 4 members (excludes halogenated alkanes) is 1. The maximum atomic E-state index is 13.1. The molecule has 2 aromatic carbocycles. The molecule has 1 aromatic heterocycles. The lowest BCUT2D eigenvalue weighted by Crippen LogP contribution is -2.48. The summed E-state index contributed by atoms with van der Waals surface area (Å²) in [4.78, 5) is 26.8. The van der Waals surface area contributed by atoms with Crippen molar-refractivity contribution in [2.24, 2.45) is 5.92 Å². The van der Waals surface area contributed by atoms with Crippen LogP contribution in [-0.2, 0) is 16.1 Å². The number of carbonyl (C=O) groups is 2. The van der Waals surface area contributed by atoms with Crippen LogP contribution in [0.5, 0.6) is 0 Å². The Morgan fingerprint density at radius 2 is 1.85 bits per heavy atom. The van der Waals surface area contributed by atoms with E-state index in [2.05, 4.69) is 20.6 Å². The van der Waals surface area contributed by atoms with E-state index in [0.29, 0.717) is 18.7 Å². The van der Waals surface area contributed by atoms with Crippen LogP contribution >= 0.6 is 0 Å². The lowest BCUT2D eigenvalue weighted by Gasteiger charge is -2.33. The van der Waals surface area contributed by atoms with Gasteiger partial charge in [-0.2, -0.15) is 5.21 Å². The van der Waals surface area contributed by atoms with E-state index in [1.165, 1.54) is 4.90 Å². The van der Waals surface area contributed by atoms with Crippen molar-refractivity contribution in [1.29, 1.82) is 0 Å². The molecule has 33 heavy (non-hydrogen) atoms. The molecule has 0 aliphatic rings. The zero-order chi connectivity index (χ0) is 23.8. The van der Waals surface area contributed by atoms with Crippen molar-refractivity contribution in [2.75, 3.05) is 0 Å². The number of carboxylic acid groups (broad SMARTS) is 1. The summed E-state index contributed by atoms with van der Waals surface area (Å²) in [5.74, 6) is -0.851. The molecule has 2 N–H and O–H groups in total. The quantitative estimate of drug-likeness (QED) is 0.444. The second-order valence-electron chi connectivity index (χ2n) is 8.28. The molecule has 1 amide bonds. The number of carboxylic acids is 1. The smallest absolute Gasteiger partial charge is 0.326 e. The lowest BCUT2D eigenvalue weighted by molar-refractivity contribution is -0.153. The minimum atomic E-state index is -0.978. The van der Waals surface area contributed by atoms with Gasteiger partial charge in [0.2, 0.25) is 11.7 Å². The number of aromatic nitrogens is 4. The van der Waals surface area contributed by atoms with E-state index in [-0.39, 0.29) is 18.4 Å². The molecule has 0 radical (unpaired) electrons. The molecule has 8 heteroatoms.